The summed E-state index contributed by atoms with van der Waals surface area (Å²) >= 11 is 0. The minimum absolute atomic E-state index is 0.447. The molecule has 0 saturated heterocycles. The smallest absolute Gasteiger partial charge is 0.230 e. The summed E-state index contributed by atoms with van der Waals surface area (Å²) in [5.41, 5.74) is 0.654. The van der Waals surface area contributed by atoms with Gasteiger partial charge in [-0.05, 0) is 12.3 Å². The van der Waals surface area contributed by atoms with Crippen LogP contribution in [0.5, 0.6) is 0 Å². The molecule has 1 fully saturated rings. The first kappa shape index (κ1) is 8.52. The zero-order valence-electron chi connectivity index (χ0n) is 8.29. The van der Waals surface area contributed by atoms with Crippen molar-refractivity contribution >= 4 is 0 Å². The molecule has 1 saturated carbocycles. The van der Waals surface area contributed by atoms with Crippen LogP contribution in [0.25, 0.3) is 11.5 Å². The van der Waals surface area contributed by atoms with Gasteiger partial charge in [-0.2, -0.15) is 4.98 Å². The van der Waals surface area contributed by atoms with E-state index in [1.54, 1.807) is 18.6 Å². The number of rotatable bonds is 2. The average molecular weight is 202 g/mol. The van der Waals surface area contributed by atoms with Crippen LogP contribution in [-0.2, 0) is 0 Å². The molecule has 5 nitrogen and oxygen atoms in total. The highest BCUT2D eigenvalue weighted by atomic mass is 16.5. The Hall–Kier alpha value is -1.78. The van der Waals surface area contributed by atoms with Crippen LogP contribution < -0.4 is 0 Å². The van der Waals surface area contributed by atoms with Crippen LogP contribution in [0.2, 0.25) is 0 Å². The van der Waals surface area contributed by atoms with Crippen molar-refractivity contribution < 1.29 is 4.52 Å². The lowest BCUT2D eigenvalue weighted by Gasteiger charge is -1.88. The molecule has 0 spiro atoms. The van der Waals surface area contributed by atoms with E-state index >= 15 is 0 Å². The summed E-state index contributed by atoms with van der Waals surface area (Å²) in [6, 6.07) is 0. The largest absolute Gasteiger partial charge is 0.339 e. The quantitative estimate of drug-likeness (QED) is 0.740. The zero-order valence-corrected chi connectivity index (χ0v) is 8.29. The molecule has 2 heterocycles. The Balaban J connectivity index is 1.91. The van der Waals surface area contributed by atoms with Gasteiger partial charge in [0.1, 0.15) is 5.69 Å². The molecule has 0 aliphatic heterocycles. The van der Waals surface area contributed by atoms with Gasteiger partial charge in [0.05, 0.1) is 6.20 Å². The molecule has 0 aromatic carbocycles. The van der Waals surface area contributed by atoms with Gasteiger partial charge in [0.25, 0.3) is 0 Å². The van der Waals surface area contributed by atoms with Crippen LogP contribution in [0, 0.1) is 5.92 Å². The van der Waals surface area contributed by atoms with Crippen molar-refractivity contribution in [3.05, 3.63) is 24.5 Å². The highest BCUT2D eigenvalue weighted by Gasteiger charge is 2.39. The van der Waals surface area contributed by atoms with E-state index in [0.29, 0.717) is 23.4 Å². The second kappa shape index (κ2) is 3.12. The molecular formula is C10H10N4O. The Labute approximate surface area is 86.6 Å². The third kappa shape index (κ3) is 1.49. The first-order valence-corrected chi connectivity index (χ1v) is 4.94. The summed E-state index contributed by atoms with van der Waals surface area (Å²) in [5.74, 6) is 2.36. The fourth-order valence-electron chi connectivity index (χ4n) is 1.57. The maximum Gasteiger partial charge on any atom is 0.230 e. The Morgan fingerprint density at radius 1 is 1.40 bits per heavy atom. The Bertz CT molecular complexity index is 467. The predicted molar refractivity (Wildman–Crippen MR) is 51.8 cm³/mol. The van der Waals surface area contributed by atoms with Gasteiger partial charge < -0.3 is 4.52 Å². The number of hydrogen-bond donors (Lipinski definition) is 0. The molecular weight excluding hydrogens is 192 g/mol. The van der Waals surface area contributed by atoms with E-state index in [9.17, 15) is 0 Å². The van der Waals surface area contributed by atoms with Crippen molar-refractivity contribution in [2.75, 3.05) is 0 Å². The van der Waals surface area contributed by atoms with Gasteiger partial charge in [0, 0.05) is 18.3 Å². The lowest BCUT2D eigenvalue weighted by atomic mass is 10.3. The molecule has 2 aromatic rings. The Morgan fingerprint density at radius 3 is 2.93 bits per heavy atom. The van der Waals surface area contributed by atoms with E-state index in [0.717, 1.165) is 12.3 Å². The molecule has 0 unspecified atom stereocenters. The average Bonchev–Trinajstić information content (AvgIpc) is 2.83. The third-order valence-corrected chi connectivity index (χ3v) is 2.66. The minimum atomic E-state index is 0.447. The lowest BCUT2D eigenvalue weighted by Crippen LogP contribution is -1.87. The van der Waals surface area contributed by atoms with Gasteiger partial charge in [-0.3, -0.25) is 4.98 Å². The summed E-state index contributed by atoms with van der Waals surface area (Å²) in [6.45, 7) is 2.18. The Morgan fingerprint density at radius 2 is 2.27 bits per heavy atom. The monoisotopic (exact) mass is 202 g/mol. The highest BCUT2D eigenvalue weighted by Crippen LogP contribution is 2.46. The maximum atomic E-state index is 5.18. The van der Waals surface area contributed by atoms with E-state index in [1.165, 1.54) is 0 Å². The van der Waals surface area contributed by atoms with Crippen molar-refractivity contribution in [3.63, 3.8) is 0 Å². The van der Waals surface area contributed by atoms with Crippen molar-refractivity contribution in [1.82, 2.24) is 20.1 Å². The van der Waals surface area contributed by atoms with Gasteiger partial charge in [0.2, 0.25) is 11.7 Å². The number of aromatic nitrogens is 4. The number of hydrogen-bond acceptors (Lipinski definition) is 5. The zero-order chi connectivity index (χ0) is 10.3. The highest BCUT2D eigenvalue weighted by molar-refractivity contribution is 5.45. The molecule has 2 aromatic heterocycles. The first-order valence-electron chi connectivity index (χ1n) is 4.94. The van der Waals surface area contributed by atoms with Crippen LogP contribution in [0.15, 0.2) is 23.1 Å². The van der Waals surface area contributed by atoms with Crippen LogP contribution in [0.1, 0.15) is 25.2 Å². The minimum Gasteiger partial charge on any atom is -0.339 e. The van der Waals surface area contributed by atoms with E-state index in [1.807, 2.05) is 0 Å². The molecule has 2 atom stereocenters. The van der Waals surface area contributed by atoms with Gasteiger partial charge in [-0.15, -0.1) is 0 Å². The molecule has 0 amide bonds. The maximum absolute atomic E-state index is 5.18. The van der Waals surface area contributed by atoms with Gasteiger partial charge >= 0.3 is 0 Å². The second-order valence-electron chi connectivity index (χ2n) is 3.87. The van der Waals surface area contributed by atoms with Crippen LogP contribution in [0.4, 0.5) is 0 Å². The van der Waals surface area contributed by atoms with Gasteiger partial charge in [0.15, 0.2) is 0 Å². The second-order valence-corrected chi connectivity index (χ2v) is 3.87. The molecule has 1 aliphatic rings. The molecule has 3 rings (SSSR count). The first-order chi connectivity index (χ1) is 7.34. The van der Waals surface area contributed by atoms with Crippen molar-refractivity contribution in [1.29, 1.82) is 0 Å². The molecule has 0 bridgehead atoms. The molecule has 0 radical (unpaired) electrons. The van der Waals surface area contributed by atoms with Crippen LogP contribution >= 0.6 is 0 Å². The SMILES string of the molecule is C[C@@H]1C[C@H]1c1nc(-c2cnccn2)no1. The van der Waals surface area contributed by atoms with Crippen molar-refractivity contribution in [3.8, 4) is 11.5 Å². The van der Waals surface area contributed by atoms with E-state index < -0.39 is 0 Å². The van der Waals surface area contributed by atoms with Crippen molar-refractivity contribution in [2.24, 2.45) is 5.92 Å². The van der Waals surface area contributed by atoms with Crippen LogP contribution in [-0.4, -0.2) is 20.1 Å². The molecule has 15 heavy (non-hydrogen) atoms. The van der Waals surface area contributed by atoms with E-state index in [4.69, 9.17) is 4.52 Å². The standard InChI is InChI=1S/C10H10N4O/c1-6-4-7(6)10-13-9(14-15-10)8-5-11-2-3-12-8/h2-3,5-7H,4H2,1H3/t6-,7-/m1/s1. The van der Waals surface area contributed by atoms with Gasteiger partial charge in [-0.1, -0.05) is 12.1 Å². The molecule has 76 valence electrons. The third-order valence-electron chi connectivity index (χ3n) is 2.66. The summed E-state index contributed by atoms with van der Waals surface area (Å²) in [7, 11) is 0. The molecule has 5 heteroatoms. The lowest BCUT2D eigenvalue weighted by molar-refractivity contribution is 0.376. The predicted octanol–water partition coefficient (Wildman–Crippen LogP) is 1.65. The van der Waals surface area contributed by atoms with Gasteiger partial charge in [-0.25, -0.2) is 4.98 Å². The summed E-state index contributed by atoms with van der Waals surface area (Å²) < 4.78 is 5.18. The fraction of sp³-hybridized carbons (Fsp3) is 0.400. The summed E-state index contributed by atoms with van der Waals surface area (Å²) in [4.78, 5) is 12.4. The van der Waals surface area contributed by atoms with E-state index in [2.05, 4.69) is 27.0 Å². The van der Waals surface area contributed by atoms with Crippen molar-refractivity contribution in [2.45, 2.75) is 19.3 Å². The molecule has 1 aliphatic carbocycles. The Kier molecular flexibility index (Phi) is 1.77. The topological polar surface area (TPSA) is 64.7 Å². The van der Waals surface area contributed by atoms with E-state index in [-0.39, 0.29) is 0 Å². The number of nitrogens with zero attached hydrogens (tertiary/aromatic N) is 4. The summed E-state index contributed by atoms with van der Waals surface area (Å²) in [6.07, 6.45) is 6.01. The van der Waals surface area contributed by atoms with Crippen LogP contribution in [0.3, 0.4) is 0 Å². The fourth-order valence-corrected chi connectivity index (χ4v) is 1.57. The normalized spacial score (nSPS) is 24.1. The summed E-state index contributed by atoms with van der Waals surface area (Å²) in [5, 5.41) is 3.89. The molecule has 0 N–H and O–H groups in total.